The Kier molecular flexibility index (Phi) is 10.4. The molecule has 2 aromatic rings. The minimum Gasteiger partial charge on any atom is -0.478 e. The molecule has 0 unspecified atom stereocenters. The summed E-state index contributed by atoms with van der Waals surface area (Å²) in [7, 11) is 5.39. The SMILES string of the molecule is CN[C@H](C(=O)N[C@H](C(=O)N(C)[C@H](/C=C(\C)C(=O)O)C(C)C)C(C)(C)C)C(C)(C)c1cn(C)c2cc(CN)ccc12. The molecule has 0 fully saturated rings. The van der Waals surface area contributed by atoms with Gasteiger partial charge >= 0.3 is 5.97 Å². The lowest BCUT2D eigenvalue weighted by molar-refractivity contribution is -0.141. The summed E-state index contributed by atoms with van der Waals surface area (Å²) in [5.41, 5.74) is 7.86. The summed E-state index contributed by atoms with van der Waals surface area (Å²) in [5, 5.41) is 16.7. The second-order valence-corrected chi connectivity index (χ2v) is 12.8. The van der Waals surface area contributed by atoms with Crippen molar-refractivity contribution in [1.29, 1.82) is 0 Å². The minimum atomic E-state index is -1.03. The van der Waals surface area contributed by atoms with Crippen molar-refractivity contribution in [1.82, 2.24) is 20.1 Å². The smallest absolute Gasteiger partial charge is 0.331 e. The monoisotopic (exact) mass is 555 g/mol. The van der Waals surface area contributed by atoms with E-state index in [4.69, 9.17) is 5.73 Å². The van der Waals surface area contributed by atoms with Crippen molar-refractivity contribution < 1.29 is 19.5 Å². The van der Waals surface area contributed by atoms with Crippen LogP contribution in [-0.2, 0) is 33.4 Å². The number of carboxylic acids is 1. The number of rotatable bonds is 11. The molecule has 3 atom stereocenters. The lowest BCUT2D eigenvalue weighted by Gasteiger charge is -2.39. The van der Waals surface area contributed by atoms with Crippen molar-refractivity contribution in [2.75, 3.05) is 14.1 Å². The predicted octanol–water partition coefficient (Wildman–Crippen LogP) is 3.55. The van der Waals surface area contributed by atoms with Gasteiger partial charge in [-0.1, -0.05) is 66.7 Å². The number of hydrogen-bond donors (Lipinski definition) is 4. The number of hydrogen-bond acceptors (Lipinski definition) is 5. The first kappa shape index (κ1) is 33.0. The number of amides is 2. The molecule has 5 N–H and O–H groups in total. The second kappa shape index (κ2) is 12.6. The molecule has 40 heavy (non-hydrogen) atoms. The number of likely N-dealkylation sites (N-methyl/N-ethyl adjacent to an activating group) is 2. The zero-order chi connectivity index (χ0) is 30.7. The van der Waals surface area contributed by atoms with Crippen LogP contribution in [0.25, 0.3) is 10.9 Å². The van der Waals surface area contributed by atoms with Gasteiger partial charge in [0.05, 0.1) is 12.1 Å². The summed E-state index contributed by atoms with van der Waals surface area (Å²) >= 11 is 0. The number of carbonyl (C=O) groups excluding carboxylic acids is 2. The van der Waals surface area contributed by atoms with Crippen LogP contribution in [0.5, 0.6) is 0 Å². The molecule has 0 aliphatic heterocycles. The number of nitrogens with zero attached hydrogens (tertiary/aromatic N) is 2. The van der Waals surface area contributed by atoms with Crippen LogP contribution in [-0.4, -0.2) is 64.6 Å². The molecular weight excluding hydrogens is 506 g/mol. The van der Waals surface area contributed by atoms with Gasteiger partial charge in [0.15, 0.2) is 0 Å². The van der Waals surface area contributed by atoms with E-state index in [1.807, 2.05) is 78.4 Å². The standard InChI is InChI=1S/C31H49N5O4/c1-18(2)23(14-19(3)29(39)40)36(11)28(38)26(30(4,5)6)34-27(37)25(33-9)31(7,8)22-17-35(10)24-15-20(16-32)12-13-21(22)24/h12-15,17-18,23,25-26,33H,16,32H2,1-11H3,(H,34,37)(H,39,40)/b19-14+/t23-,25-,26-/m1/s1. The molecule has 0 spiro atoms. The molecule has 222 valence electrons. The first-order chi connectivity index (χ1) is 18.4. The molecule has 1 aromatic carbocycles. The molecule has 0 bridgehead atoms. The molecule has 9 heteroatoms. The minimum absolute atomic E-state index is 0.0327. The highest BCUT2D eigenvalue weighted by Crippen LogP contribution is 2.35. The Morgan fingerprint density at radius 3 is 2.20 bits per heavy atom. The zero-order valence-corrected chi connectivity index (χ0v) is 26.0. The summed E-state index contributed by atoms with van der Waals surface area (Å²) in [6.45, 7) is 15.6. The van der Waals surface area contributed by atoms with E-state index in [-0.39, 0.29) is 23.3 Å². The van der Waals surface area contributed by atoms with E-state index in [2.05, 4.69) is 16.7 Å². The number of fused-ring (bicyclic) bond motifs is 1. The number of aliphatic carboxylic acids is 1. The lowest BCUT2D eigenvalue weighted by Crippen LogP contribution is -2.61. The van der Waals surface area contributed by atoms with E-state index in [9.17, 15) is 19.5 Å². The van der Waals surface area contributed by atoms with E-state index < -0.39 is 34.9 Å². The van der Waals surface area contributed by atoms with Crippen LogP contribution in [0.2, 0.25) is 0 Å². The Morgan fingerprint density at radius 2 is 1.73 bits per heavy atom. The van der Waals surface area contributed by atoms with Gasteiger partial charge in [-0.25, -0.2) is 4.79 Å². The van der Waals surface area contributed by atoms with Crippen LogP contribution in [0.1, 0.15) is 66.5 Å². The van der Waals surface area contributed by atoms with E-state index in [0.29, 0.717) is 6.54 Å². The fraction of sp³-hybridized carbons (Fsp3) is 0.581. The summed E-state index contributed by atoms with van der Waals surface area (Å²) in [4.78, 5) is 40.9. The van der Waals surface area contributed by atoms with E-state index >= 15 is 0 Å². The van der Waals surface area contributed by atoms with Gasteiger partial charge in [-0.2, -0.15) is 0 Å². The topological polar surface area (TPSA) is 130 Å². The van der Waals surface area contributed by atoms with Gasteiger partial charge in [0.25, 0.3) is 0 Å². The van der Waals surface area contributed by atoms with Crippen molar-refractivity contribution in [3.8, 4) is 0 Å². The van der Waals surface area contributed by atoms with Gasteiger partial charge < -0.3 is 30.9 Å². The molecular formula is C31H49N5O4. The quantitative estimate of drug-likeness (QED) is 0.314. The molecule has 0 aliphatic carbocycles. The fourth-order valence-electron chi connectivity index (χ4n) is 5.35. The largest absolute Gasteiger partial charge is 0.478 e. The fourth-order valence-corrected chi connectivity index (χ4v) is 5.35. The Bertz CT molecular complexity index is 1270. The Morgan fingerprint density at radius 1 is 1.12 bits per heavy atom. The molecule has 2 rings (SSSR count). The van der Waals surface area contributed by atoms with Crippen LogP contribution < -0.4 is 16.4 Å². The molecule has 1 aromatic heterocycles. The maximum atomic E-state index is 13.9. The van der Waals surface area contributed by atoms with Crippen molar-refractivity contribution in [2.24, 2.45) is 24.1 Å². The zero-order valence-electron chi connectivity index (χ0n) is 26.0. The van der Waals surface area contributed by atoms with Gasteiger partial charge in [0, 0.05) is 48.7 Å². The van der Waals surface area contributed by atoms with Crippen LogP contribution >= 0.6 is 0 Å². The number of carbonyl (C=O) groups is 3. The van der Waals surface area contributed by atoms with Crippen molar-refractivity contribution in [3.05, 3.63) is 47.2 Å². The van der Waals surface area contributed by atoms with Crippen LogP contribution in [0.15, 0.2) is 36.0 Å². The van der Waals surface area contributed by atoms with Crippen molar-refractivity contribution >= 4 is 28.7 Å². The Hall–Kier alpha value is -3.17. The maximum absolute atomic E-state index is 13.9. The van der Waals surface area contributed by atoms with Gasteiger partial charge in [0.1, 0.15) is 6.04 Å². The average molecular weight is 556 g/mol. The van der Waals surface area contributed by atoms with Gasteiger partial charge in [-0.3, -0.25) is 9.59 Å². The van der Waals surface area contributed by atoms with E-state index in [0.717, 1.165) is 22.0 Å². The number of benzene rings is 1. The highest BCUT2D eigenvalue weighted by Gasteiger charge is 2.42. The number of nitrogens with two attached hydrogens (primary N) is 1. The van der Waals surface area contributed by atoms with Crippen LogP contribution in [0, 0.1) is 11.3 Å². The molecule has 0 saturated heterocycles. The summed E-state index contributed by atoms with van der Waals surface area (Å²) in [6, 6.07) is 4.19. The lowest BCUT2D eigenvalue weighted by atomic mass is 9.76. The Labute approximate surface area is 239 Å². The highest BCUT2D eigenvalue weighted by atomic mass is 16.4. The van der Waals surface area contributed by atoms with Gasteiger partial charge in [0.2, 0.25) is 11.8 Å². The third-order valence-electron chi connectivity index (χ3n) is 7.89. The van der Waals surface area contributed by atoms with E-state index in [1.54, 1.807) is 25.1 Å². The van der Waals surface area contributed by atoms with Gasteiger partial charge in [-0.05, 0) is 42.5 Å². The molecule has 0 saturated carbocycles. The molecule has 0 radical (unpaired) electrons. The molecule has 2 amide bonds. The summed E-state index contributed by atoms with van der Waals surface area (Å²) < 4.78 is 2.05. The number of aromatic nitrogens is 1. The second-order valence-electron chi connectivity index (χ2n) is 12.8. The van der Waals surface area contributed by atoms with Crippen LogP contribution in [0.3, 0.4) is 0 Å². The van der Waals surface area contributed by atoms with Crippen molar-refractivity contribution in [2.45, 2.75) is 85.5 Å². The normalized spacial score (nSPS) is 15.2. The van der Waals surface area contributed by atoms with Crippen molar-refractivity contribution in [3.63, 3.8) is 0 Å². The summed E-state index contributed by atoms with van der Waals surface area (Å²) in [6.07, 6.45) is 3.65. The third-order valence-corrected chi connectivity index (χ3v) is 7.89. The average Bonchev–Trinajstić information content (AvgIpc) is 3.20. The molecule has 9 nitrogen and oxygen atoms in total. The maximum Gasteiger partial charge on any atom is 0.331 e. The number of carboxylic acid groups (broad SMARTS) is 1. The highest BCUT2D eigenvalue weighted by molar-refractivity contribution is 5.93. The number of nitrogens with one attached hydrogen (secondary N) is 2. The first-order valence-corrected chi connectivity index (χ1v) is 13.8. The predicted molar refractivity (Wildman–Crippen MR) is 161 cm³/mol. The first-order valence-electron chi connectivity index (χ1n) is 13.8. The molecule has 0 aliphatic rings. The summed E-state index contributed by atoms with van der Waals surface area (Å²) in [5.74, 6) is -1.63. The van der Waals surface area contributed by atoms with Crippen LogP contribution in [0.4, 0.5) is 0 Å². The molecule has 1 heterocycles. The van der Waals surface area contributed by atoms with Gasteiger partial charge in [-0.15, -0.1) is 0 Å². The van der Waals surface area contributed by atoms with E-state index in [1.165, 1.54) is 6.92 Å². The third kappa shape index (κ3) is 6.93. The Balaban J connectivity index is 2.46. The number of aryl methyl sites for hydroxylation is 1.